The van der Waals surface area contributed by atoms with E-state index in [2.05, 4.69) is 5.32 Å². The third-order valence-corrected chi connectivity index (χ3v) is 3.84. The van der Waals surface area contributed by atoms with Crippen LogP contribution < -0.4 is 10.1 Å². The molecule has 1 atom stereocenters. The van der Waals surface area contributed by atoms with Crippen LogP contribution >= 0.6 is 0 Å². The number of hydrogen-bond donors (Lipinski definition) is 2. The maximum atomic E-state index is 13.1. The second-order valence-electron chi connectivity index (χ2n) is 5.28. The van der Waals surface area contributed by atoms with Crippen LogP contribution in [0.2, 0.25) is 0 Å². The third kappa shape index (κ3) is 2.74. The standard InChI is InChI=1S/C18H14FNO4/c1-24-13-8-4-11(5-9-13)16(21)14-15(20-18(23)17(14)22)10-2-6-12(19)7-3-10/h2-9,15,21H,1H3,(H,20,23)/b16-14+/t15-/m1/s1. The molecule has 0 unspecified atom stereocenters. The van der Waals surface area contributed by atoms with Crippen LogP contribution in [0.25, 0.3) is 5.76 Å². The molecule has 6 heteroatoms. The number of carbonyl (C=O) groups is 2. The molecule has 122 valence electrons. The van der Waals surface area contributed by atoms with E-state index in [1.807, 2.05) is 0 Å². The largest absolute Gasteiger partial charge is 0.507 e. The summed E-state index contributed by atoms with van der Waals surface area (Å²) in [6.45, 7) is 0. The monoisotopic (exact) mass is 327 g/mol. The van der Waals surface area contributed by atoms with Gasteiger partial charge in [-0.05, 0) is 42.0 Å². The number of nitrogens with one attached hydrogen (secondary N) is 1. The van der Waals surface area contributed by atoms with Gasteiger partial charge in [0.15, 0.2) is 0 Å². The molecule has 1 fully saturated rings. The molecule has 1 heterocycles. The summed E-state index contributed by atoms with van der Waals surface area (Å²) in [5.74, 6) is -1.75. The number of rotatable bonds is 3. The summed E-state index contributed by atoms with van der Waals surface area (Å²) in [4.78, 5) is 23.9. The Morgan fingerprint density at radius 2 is 1.71 bits per heavy atom. The molecule has 1 amide bonds. The van der Waals surface area contributed by atoms with Gasteiger partial charge in [0.1, 0.15) is 17.3 Å². The van der Waals surface area contributed by atoms with Crippen LogP contribution in [0.1, 0.15) is 17.2 Å². The van der Waals surface area contributed by atoms with Gasteiger partial charge in [-0.2, -0.15) is 0 Å². The van der Waals surface area contributed by atoms with Gasteiger partial charge < -0.3 is 15.2 Å². The highest BCUT2D eigenvalue weighted by Gasteiger charge is 2.39. The number of benzene rings is 2. The van der Waals surface area contributed by atoms with Crippen LogP contribution in [0.4, 0.5) is 4.39 Å². The SMILES string of the molecule is COc1ccc(/C(O)=C2\C(=O)C(=O)N[C@@H]2c2ccc(F)cc2)cc1. The molecule has 0 saturated carbocycles. The van der Waals surface area contributed by atoms with Crippen LogP contribution in [-0.2, 0) is 9.59 Å². The summed E-state index contributed by atoms with van der Waals surface area (Å²) >= 11 is 0. The zero-order valence-electron chi connectivity index (χ0n) is 12.7. The fourth-order valence-corrected chi connectivity index (χ4v) is 2.58. The number of carbonyl (C=O) groups excluding carboxylic acids is 2. The fourth-order valence-electron chi connectivity index (χ4n) is 2.58. The summed E-state index contributed by atoms with van der Waals surface area (Å²) in [7, 11) is 1.51. The van der Waals surface area contributed by atoms with E-state index in [1.54, 1.807) is 24.3 Å². The maximum Gasteiger partial charge on any atom is 0.293 e. The zero-order valence-corrected chi connectivity index (χ0v) is 12.7. The van der Waals surface area contributed by atoms with E-state index < -0.39 is 23.5 Å². The normalized spacial score (nSPS) is 19.2. The van der Waals surface area contributed by atoms with Crippen molar-refractivity contribution in [3.8, 4) is 5.75 Å². The molecular weight excluding hydrogens is 313 g/mol. The lowest BCUT2D eigenvalue weighted by Crippen LogP contribution is -2.21. The smallest absolute Gasteiger partial charge is 0.293 e. The number of Topliss-reactive ketones (excluding diaryl/α,β-unsaturated/α-hetero) is 1. The minimum absolute atomic E-state index is 0.0585. The molecule has 3 rings (SSSR count). The number of halogens is 1. The van der Waals surface area contributed by atoms with Crippen LogP contribution in [0.15, 0.2) is 54.1 Å². The number of hydrogen-bond acceptors (Lipinski definition) is 4. The topological polar surface area (TPSA) is 75.6 Å². The maximum absolute atomic E-state index is 13.1. The van der Waals surface area contributed by atoms with Crippen molar-refractivity contribution < 1.29 is 23.8 Å². The molecule has 0 radical (unpaired) electrons. The highest BCUT2D eigenvalue weighted by Crippen LogP contribution is 2.33. The number of ketones is 1. The second kappa shape index (κ2) is 6.16. The molecule has 0 aliphatic carbocycles. The van der Waals surface area contributed by atoms with E-state index >= 15 is 0 Å². The van der Waals surface area contributed by atoms with Crippen molar-refractivity contribution in [2.75, 3.05) is 7.11 Å². The highest BCUT2D eigenvalue weighted by molar-refractivity contribution is 6.46. The van der Waals surface area contributed by atoms with Crippen LogP contribution in [0, 0.1) is 5.82 Å². The first-order valence-corrected chi connectivity index (χ1v) is 7.19. The first-order chi connectivity index (χ1) is 11.5. The average Bonchev–Trinajstić information content (AvgIpc) is 2.90. The van der Waals surface area contributed by atoms with Crippen LogP contribution in [0.3, 0.4) is 0 Å². The van der Waals surface area contributed by atoms with E-state index in [-0.39, 0.29) is 11.3 Å². The third-order valence-electron chi connectivity index (χ3n) is 3.84. The van der Waals surface area contributed by atoms with E-state index in [0.29, 0.717) is 16.9 Å². The molecule has 0 spiro atoms. The molecule has 1 saturated heterocycles. The lowest BCUT2D eigenvalue weighted by Gasteiger charge is -2.13. The van der Waals surface area contributed by atoms with Gasteiger partial charge in [-0.15, -0.1) is 0 Å². The molecule has 1 aliphatic rings. The molecule has 2 aromatic carbocycles. The van der Waals surface area contributed by atoms with Crippen molar-refractivity contribution in [1.29, 1.82) is 0 Å². The predicted octanol–water partition coefficient (Wildman–Crippen LogP) is 2.54. The Labute approximate surface area is 137 Å². The molecule has 0 bridgehead atoms. The summed E-state index contributed by atoms with van der Waals surface area (Å²) < 4.78 is 18.1. The number of ether oxygens (including phenoxy) is 1. The van der Waals surface area contributed by atoms with E-state index in [0.717, 1.165) is 0 Å². The van der Waals surface area contributed by atoms with E-state index in [1.165, 1.54) is 31.4 Å². The Morgan fingerprint density at radius 3 is 2.29 bits per heavy atom. The van der Waals surface area contributed by atoms with Gasteiger partial charge in [0.25, 0.3) is 11.7 Å². The summed E-state index contributed by atoms with van der Waals surface area (Å²) in [6.07, 6.45) is 0. The van der Waals surface area contributed by atoms with Crippen molar-refractivity contribution in [3.05, 3.63) is 71.0 Å². The zero-order chi connectivity index (χ0) is 17.3. The molecule has 24 heavy (non-hydrogen) atoms. The number of methoxy groups -OCH3 is 1. The first kappa shape index (κ1) is 15.7. The Balaban J connectivity index is 2.07. The molecular formula is C18H14FNO4. The fraction of sp³-hybridized carbons (Fsp3) is 0.111. The Kier molecular flexibility index (Phi) is 4.04. The highest BCUT2D eigenvalue weighted by atomic mass is 19.1. The van der Waals surface area contributed by atoms with Crippen molar-refractivity contribution in [3.63, 3.8) is 0 Å². The van der Waals surface area contributed by atoms with Crippen LogP contribution in [0.5, 0.6) is 5.75 Å². The van der Waals surface area contributed by atoms with Gasteiger partial charge in [-0.3, -0.25) is 9.59 Å². The van der Waals surface area contributed by atoms with Gasteiger partial charge in [-0.1, -0.05) is 12.1 Å². The van der Waals surface area contributed by atoms with Gasteiger partial charge in [0, 0.05) is 5.56 Å². The number of amides is 1. The minimum Gasteiger partial charge on any atom is -0.507 e. The van der Waals surface area contributed by atoms with Gasteiger partial charge in [0.05, 0.1) is 18.7 Å². The van der Waals surface area contributed by atoms with Crippen molar-refractivity contribution in [2.24, 2.45) is 0 Å². The van der Waals surface area contributed by atoms with Gasteiger partial charge in [-0.25, -0.2) is 4.39 Å². The summed E-state index contributed by atoms with van der Waals surface area (Å²) in [6, 6.07) is 11.0. The molecule has 2 N–H and O–H groups in total. The number of aliphatic hydroxyl groups is 1. The summed E-state index contributed by atoms with van der Waals surface area (Å²) in [5.41, 5.74) is 0.824. The van der Waals surface area contributed by atoms with Crippen LogP contribution in [-0.4, -0.2) is 23.9 Å². The van der Waals surface area contributed by atoms with Crippen molar-refractivity contribution in [1.82, 2.24) is 5.32 Å². The lowest BCUT2D eigenvalue weighted by molar-refractivity contribution is -0.133. The van der Waals surface area contributed by atoms with E-state index in [4.69, 9.17) is 4.74 Å². The Hall–Kier alpha value is -3.15. The molecule has 2 aromatic rings. The van der Waals surface area contributed by atoms with Crippen molar-refractivity contribution >= 4 is 17.4 Å². The molecule has 0 aromatic heterocycles. The van der Waals surface area contributed by atoms with Gasteiger partial charge in [0.2, 0.25) is 0 Å². The number of aliphatic hydroxyl groups excluding tert-OH is 1. The predicted molar refractivity (Wildman–Crippen MR) is 84.8 cm³/mol. The Morgan fingerprint density at radius 1 is 1.08 bits per heavy atom. The summed E-state index contributed by atoms with van der Waals surface area (Å²) in [5, 5.41) is 13.0. The quantitative estimate of drug-likeness (QED) is 0.516. The lowest BCUT2D eigenvalue weighted by atomic mass is 9.96. The second-order valence-corrected chi connectivity index (χ2v) is 5.28. The minimum atomic E-state index is -0.826. The molecule has 5 nitrogen and oxygen atoms in total. The van der Waals surface area contributed by atoms with Crippen molar-refractivity contribution in [2.45, 2.75) is 6.04 Å². The van der Waals surface area contributed by atoms with E-state index in [9.17, 15) is 19.1 Å². The van der Waals surface area contributed by atoms with Gasteiger partial charge >= 0.3 is 0 Å². The Bertz CT molecular complexity index is 825. The molecule has 1 aliphatic heterocycles. The first-order valence-electron chi connectivity index (χ1n) is 7.19. The average molecular weight is 327 g/mol.